The second-order valence-electron chi connectivity index (χ2n) is 8.22. The summed E-state index contributed by atoms with van der Waals surface area (Å²) in [4.78, 5) is 20.0. The van der Waals surface area contributed by atoms with Crippen LogP contribution in [0.3, 0.4) is 0 Å². The molecule has 5 rings (SSSR count). The van der Waals surface area contributed by atoms with Crippen LogP contribution in [0.1, 0.15) is 42.7 Å². The van der Waals surface area contributed by atoms with E-state index in [1.54, 1.807) is 4.68 Å². The Hall–Kier alpha value is -2.95. The molecule has 1 saturated heterocycles. The van der Waals surface area contributed by atoms with Gasteiger partial charge < -0.3 is 4.90 Å². The van der Waals surface area contributed by atoms with Gasteiger partial charge in [0.2, 0.25) is 5.82 Å². The molecule has 29 heavy (non-hydrogen) atoms. The van der Waals surface area contributed by atoms with Gasteiger partial charge in [0.15, 0.2) is 5.82 Å². The van der Waals surface area contributed by atoms with Crippen molar-refractivity contribution in [1.82, 2.24) is 19.7 Å². The molecule has 148 valence electrons. The molecule has 2 aromatic carbocycles. The van der Waals surface area contributed by atoms with Crippen molar-refractivity contribution in [3.8, 4) is 17.1 Å². The van der Waals surface area contributed by atoms with Gasteiger partial charge in [-0.2, -0.15) is 0 Å². The molecule has 2 heterocycles. The van der Waals surface area contributed by atoms with Gasteiger partial charge in [0, 0.05) is 18.7 Å². The average Bonchev–Trinajstić information content (AvgIpc) is 3.25. The van der Waals surface area contributed by atoms with Crippen LogP contribution in [0.5, 0.6) is 0 Å². The molecule has 0 N–H and O–H groups in total. The Labute approximate surface area is 171 Å². The van der Waals surface area contributed by atoms with Crippen LogP contribution in [0, 0.1) is 11.8 Å². The number of likely N-dealkylation sites (tertiary alicyclic amines) is 1. The summed E-state index contributed by atoms with van der Waals surface area (Å²) in [5.74, 6) is 2.39. The number of para-hydroxylation sites is 1. The van der Waals surface area contributed by atoms with Gasteiger partial charge in [0.1, 0.15) is 0 Å². The normalized spacial score (nSPS) is 21.6. The summed E-state index contributed by atoms with van der Waals surface area (Å²) >= 11 is 0. The number of benzene rings is 2. The SMILES string of the molecule is O=C(c1nc(-c2ccccc2)n(-c2ccccc2)n1)N1CC[C@H]2CCCC[C@@H]2C1. The average molecular weight is 386 g/mol. The van der Waals surface area contributed by atoms with Gasteiger partial charge in [-0.1, -0.05) is 67.8 Å². The smallest absolute Gasteiger partial charge is 0.293 e. The van der Waals surface area contributed by atoms with Crippen molar-refractivity contribution in [3.63, 3.8) is 0 Å². The molecule has 0 radical (unpaired) electrons. The number of carbonyl (C=O) groups excluding carboxylic acids is 1. The summed E-state index contributed by atoms with van der Waals surface area (Å²) in [5, 5.41) is 4.65. The van der Waals surface area contributed by atoms with Gasteiger partial charge in [-0.15, -0.1) is 5.10 Å². The van der Waals surface area contributed by atoms with E-state index in [1.165, 1.54) is 25.7 Å². The Bertz CT molecular complexity index is 926. The molecule has 2 fully saturated rings. The summed E-state index contributed by atoms with van der Waals surface area (Å²) in [7, 11) is 0. The highest BCUT2D eigenvalue weighted by Crippen LogP contribution is 2.36. The third-order valence-corrected chi connectivity index (χ3v) is 6.41. The summed E-state index contributed by atoms with van der Waals surface area (Å²) < 4.78 is 1.79. The largest absolute Gasteiger partial charge is 0.336 e. The molecular formula is C24H26N4O. The lowest BCUT2D eigenvalue weighted by atomic mass is 9.75. The minimum absolute atomic E-state index is 0.0408. The topological polar surface area (TPSA) is 51.0 Å². The number of amides is 1. The predicted molar refractivity (Wildman–Crippen MR) is 113 cm³/mol. The maximum Gasteiger partial charge on any atom is 0.293 e. The van der Waals surface area contributed by atoms with Gasteiger partial charge in [0.25, 0.3) is 5.91 Å². The molecule has 1 amide bonds. The first-order chi connectivity index (χ1) is 14.3. The molecule has 5 heteroatoms. The zero-order valence-corrected chi connectivity index (χ0v) is 16.6. The van der Waals surface area contributed by atoms with E-state index < -0.39 is 0 Å². The fourth-order valence-corrected chi connectivity index (χ4v) is 4.85. The monoisotopic (exact) mass is 386 g/mol. The van der Waals surface area contributed by atoms with Crippen LogP contribution >= 0.6 is 0 Å². The number of hydrogen-bond acceptors (Lipinski definition) is 3. The van der Waals surface area contributed by atoms with E-state index in [-0.39, 0.29) is 5.91 Å². The minimum atomic E-state index is -0.0408. The Morgan fingerprint density at radius 2 is 1.55 bits per heavy atom. The van der Waals surface area contributed by atoms with Crippen molar-refractivity contribution in [3.05, 3.63) is 66.5 Å². The number of hydrogen-bond donors (Lipinski definition) is 0. The van der Waals surface area contributed by atoms with Crippen LogP contribution in [0.25, 0.3) is 17.1 Å². The number of aromatic nitrogens is 3. The van der Waals surface area contributed by atoms with E-state index in [1.807, 2.05) is 65.6 Å². The number of piperidine rings is 1. The third kappa shape index (κ3) is 3.57. The third-order valence-electron chi connectivity index (χ3n) is 6.41. The minimum Gasteiger partial charge on any atom is -0.336 e. The molecule has 5 nitrogen and oxygen atoms in total. The van der Waals surface area contributed by atoms with E-state index in [2.05, 4.69) is 5.10 Å². The molecule has 3 aromatic rings. The Morgan fingerprint density at radius 3 is 2.31 bits per heavy atom. The molecule has 0 spiro atoms. The zero-order chi connectivity index (χ0) is 19.6. The highest BCUT2D eigenvalue weighted by molar-refractivity contribution is 5.91. The van der Waals surface area contributed by atoms with Gasteiger partial charge in [-0.05, 0) is 36.8 Å². The summed E-state index contributed by atoms with van der Waals surface area (Å²) in [6.45, 7) is 1.67. The summed E-state index contributed by atoms with van der Waals surface area (Å²) in [5.41, 5.74) is 1.86. The van der Waals surface area contributed by atoms with Crippen LogP contribution in [0.2, 0.25) is 0 Å². The lowest BCUT2D eigenvalue weighted by molar-refractivity contribution is 0.0510. The van der Waals surface area contributed by atoms with Crippen molar-refractivity contribution in [2.45, 2.75) is 32.1 Å². The quantitative estimate of drug-likeness (QED) is 0.662. The zero-order valence-electron chi connectivity index (χ0n) is 16.6. The fourth-order valence-electron chi connectivity index (χ4n) is 4.85. The van der Waals surface area contributed by atoms with Crippen molar-refractivity contribution < 1.29 is 4.79 Å². The van der Waals surface area contributed by atoms with Crippen molar-refractivity contribution >= 4 is 5.91 Å². The number of nitrogens with zero attached hydrogens (tertiary/aromatic N) is 4. The maximum atomic E-state index is 13.3. The second-order valence-corrected chi connectivity index (χ2v) is 8.22. The van der Waals surface area contributed by atoms with Crippen molar-refractivity contribution in [1.29, 1.82) is 0 Å². The van der Waals surface area contributed by atoms with Crippen LogP contribution in [-0.2, 0) is 0 Å². The van der Waals surface area contributed by atoms with Gasteiger partial charge in [0.05, 0.1) is 5.69 Å². The number of carbonyl (C=O) groups is 1. The van der Waals surface area contributed by atoms with E-state index in [9.17, 15) is 4.79 Å². The van der Waals surface area contributed by atoms with Gasteiger partial charge >= 0.3 is 0 Å². The highest BCUT2D eigenvalue weighted by Gasteiger charge is 2.34. The molecule has 0 unspecified atom stereocenters. The first-order valence-corrected chi connectivity index (χ1v) is 10.7. The van der Waals surface area contributed by atoms with Crippen LogP contribution in [-0.4, -0.2) is 38.7 Å². The molecule has 1 aliphatic carbocycles. The van der Waals surface area contributed by atoms with Gasteiger partial charge in [-0.3, -0.25) is 4.79 Å². The van der Waals surface area contributed by atoms with Crippen molar-refractivity contribution in [2.24, 2.45) is 11.8 Å². The molecule has 1 saturated carbocycles. The van der Waals surface area contributed by atoms with E-state index in [0.29, 0.717) is 17.6 Å². The molecule has 0 bridgehead atoms. The summed E-state index contributed by atoms with van der Waals surface area (Å²) in [6, 6.07) is 19.9. The van der Waals surface area contributed by atoms with Crippen molar-refractivity contribution in [2.75, 3.05) is 13.1 Å². The van der Waals surface area contributed by atoms with E-state index in [0.717, 1.165) is 36.7 Å². The van der Waals surface area contributed by atoms with Crippen LogP contribution in [0.4, 0.5) is 0 Å². The molecule has 2 aliphatic rings. The summed E-state index contributed by atoms with van der Waals surface area (Å²) in [6.07, 6.45) is 6.32. The van der Waals surface area contributed by atoms with Crippen LogP contribution < -0.4 is 0 Å². The highest BCUT2D eigenvalue weighted by atomic mass is 16.2. The first kappa shape index (κ1) is 18.1. The number of fused-ring (bicyclic) bond motifs is 1. The Balaban J connectivity index is 1.47. The standard InChI is InChI=1S/C24H26N4O/c29-24(27-16-15-18-9-7-8-12-20(18)17-27)22-25-23(19-10-3-1-4-11-19)28(26-22)21-13-5-2-6-14-21/h1-6,10-11,13-14,18,20H,7-9,12,15-17H2/t18-,20-/m1/s1. The van der Waals surface area contributed by atoms with Crippen LogP contribution in [0.15, 0.2) is 60.7 Å². The second kappa shape index (κ2) is 7.82. The maximum absolute atomic E-state index is 13.3. The van der Waals surface area contributed by atoms with Gasteiger partial charge in [-0.25, -0.2) is 9.67 Å². The fraction of sp³-hybridized carbons (Fsp3) is 0.375. The van der Waals surface area contributed by atoms with E-state index >= 15 is 0 Å². The predicted octanol–water partition coefficient (Wildman–Crippen LogP) is 4.59. The molecular weight excluding hydrogens is 360 g/mol. The molecule has 1 aliphatic heterocycles. The number of rotatable bonds is 3. The van der Waals surface area contributed by atoms with E-state index in [4.69, 9.17) is 4.98 Å². The first-order valence-electron chi connectivity index (χ1n) is 10.7. The molecule has 2 atom stereocenters. The molecule has 1 aromatic heterocycles. The Kier molecular flexibility index (Phi) is 4.88. The Morgan fingerprint density at radius 1 is 0.862 bits per heavy atom. The lowest BCUT2D eigenvalue weighted by Crippen LogP contribution is -2.45. The lowest BCUT2D eigenvalue weighted by Gasteiger charge is -2.40.